The van der Waals surface area contributed by atoms with Crippen LogP contribution in [0.4, 0.5) is 11.4 Å². The minimum atomic E-state index is -0.0398. The fourth-order valence-electron chi connectivity index (χ4n) is 2.68. The first-order valence-corrected chi connectivity index (χ1v) is 6.95. The van der Waals surface area contributed by atoms with Crippen LogP contribution >= 0.6 is 0 Å². The third-order valence-electron chi connectivity index (χ3n) is 3.62. The number of nitrogens with two attached hydrogens (primary N) is 1. The lowest BCUT2D eigenvalue weighted by Crippen LogP contribution is -2.34. The quantitative estimate of drug-likeness (QED) is 0.783. The Balaban J connectivity index is 2.01. The van der Waals surface area contributed by atoms with Crippen LogP contribution in [0.5, 0.6) is 0 Å². The first kappa shape index (κ1) is 13.9. The summed E-state index contributed by atoms with van der Waals surface area (Å²) >= 11 is 0. The summed E-state index contributed by atoms with van der Waals surface area (Å²) in [7, 11) is 0. The van der Waals surface area contributed by atoms with E-state index in [0.717, 1.165) is 29.8 Å². The lowest BCUT2D eigenvalue weighted by molar-refractivity contribution is -0.114. The molecule has 19 heavy (non-hydrogen) atoms. The molecule has 2 unspecified atom stereocenters. The summed E-state index contributed by atoms with van der Waals surface area (Å²) in [6.07, 6.45) is 4.55. The van der Waals surface area contributed by atoms with Crippen molar-refractivity contribution < 1.29 is 4.79 Å². The van der Waals surface area contributed by atoms with Gasteiger partial charge in [-0.15, -0.1) is 0 Å². The van der Waals surface area contributed by atoms with E-state index < -0.39 is 0 Å². The van der Waals surface area contributed by atoms with Gasteiger partial charge in [-0.25, -0.2) is 0 Å². The molecule has 0 spiro atoms. The second-order valence-corrected chi connectivity index (χ2v) is 5.48. The first-order valence-electron chi connectivity index (χ1n) is 6.95. The largest absolute Gasteiger partial charge is 0.382 e. The summed E-state index contributed by atoms with van der Waals surface area (Å²) in [6, 6.07) is 6.83. The molecule has 0 aliphatic heterocycles. The number of carbonyl (C=O) groups is 1. The molecule has 1 aromatic carbocycles. The summed E-state index contributed by atoms with van der Waals surface area (Å²) in [6.45, 7) is 3.53. The number of carbonyl (C=O) groups excluding carboxylic acids is 1. The Kier molecular flexibility index (Phi) is 4.43. The van der Waals surface area contributed by atoms with Gasteiger partial charge in [-0.1, -0.05) is 0 Å². The molecule has 4 heteroatoms. The molecule has 1 aliphatic rings. The van der Waals surface area contributed by atoms with Crippen LogP contribution in [0.15, 0.2) is 18.2 Å². The molecule has 104 valence electrons. The molecular weight excluding hydrogens is 238 g/mol. The Morgan fingerprint density at radius 3 is 2.79 bits per heavy atom. The Hall–Kier alpha value is -1.55. The highest BCUT2D eigenvalue weighted by Gasteiger charge is 2.18. The minimum absolute atomic E-state index is 0.0398. The number of nitrogens with one attached hydrogen (secondary N) is 2. The normalized spacial score (nSPS) is 22.9. The van der Waals surface area contributed by atoms with Gasteiger partial charge in [-0.05, 0) is 56.4 Å². The molecule has 1 aliphatic carbocycles. The second kappa shape index (κ2) is 6.06. The van der Waals surface area contributed by atoms with Gasteiger partial charge in [0.1, 0.15) is 0 Å². The fourth-order valence-corrected chi connectivity index (χ4v) is 2.68. The average Bonchev–Trinajstić information content (AvgIpc) is 2.32. The fraction of sp³-hybridized carbons (Fsp3) is 0.533. The monoisotopic (exact) mass is 261 g/mol. The van der Waals surface area contributed by atoms with Gasteiger partial charge < -0.3 is 16.4 Å². The van der Waals surface area contributed by atoms with Crippen molar-refractivity contribution in [3.63, 3.8) is 0 Å². The van der Waals surface area contributed by atoms with Gasteiger partial charge in [0.15, 0.2) is 0 Å². The van der Waals surface area contributed by atoms with E-state index >= 15 is 0 Å². The Labute approximate surface area is 114 Å². The number of hydrogen-bond acceptors (Lipinski definition) is 3. The zero-order valence-corrected chi connectivity index (χ0v) is 11.7. The first-order chi connectivity index (χ1) is 9.04. The van der Waals surface area contributed by atoms with Crippen LogP contribution in [0.3, 0.4) is 0 Å². The van der Waals surface area contributed by atoms with Crippen molar-refractivity contribution in [2.45, 2.75) is 51.6 Å². The molecule has 0 bridgehead atoms. The molecule has 2 atom stereocenters. The van der Waals surface area contributed by atoms with Crippen LogP contribution in [0.2, 0.25) is 0 Å². The van der Waals surface area contributed by atoms with E-state index in [-0.39, 0.29) is 5.91 Å². The highest BCUT2D eigenvalue weighted by Crippen LogP contribution is 2.24. The van der Waals surface area contributed by atoms with Crippen LogP contribution in [0, 0.1) is 6.92 Å². The maximum absolute atomic E-state index is 11.1. The van der Waals surface area contributed by atoms with Crippen molar-refractivity contribution in [2.75, 3.05) is 10.6 Å². The molecule has 1 saturated carbocycles. The molecule has 0 radical (unpaired) electrons. The van der Waals surface area contributed by atoms with Crippen molar-refractivity contribution >= 4 is 17.3 Å². The number of rotatable bonds is 3. The predicted molar refractivity (Wildman–Crippen MR) is 79.3 cm³/mol. The molecule has 1 fully saturated rings. The van der Waals surface area contributed by atoms with Crippen molar-refractivity contribution in [3.05, 3.63) is 23.8 Å². The summed E-state index contributed by atoms with van der Waals surface area (Å²) in [5.74, 6) is -0.0398. The SMILES string of the molecule is CC(=O)Nc1ccc(NC2CCCC(N)C2)cc1C. The zero-order valence-electron chi connectivity index (χ0n) is 11.7. The predicted octanol–water partition coefficient (Wildman–Crippen LogP) is 2.64. The zero-order chi connectivity index (χ0) is 13.8. The lowest BCUT2D eigenvalue weighted by atomic mass is 9.91. The van der Waals surface area contributed by atoms with E-state index in [4.69, 9.17) is 5.73 Å². The van der Waals surface area contributed by atoms with Gasteiger partial charge in [-0.3, -0.25) is 4.79 Å². The molecule has 1 aromatic rings. The Bertz CT molecular complexity index is 459. The summed E-state index contributed by atoms with van der Waals surface area (Å²) in [4.78, 5) is 11.1. The van der Waals surface area contributed by atoms with Gasteiger partial charge in [0.25, 0.3) is 0 Å². The lowest BCUT2D eigenvalue weighted by Gasteiger charge is -2.28. The average molecular weight is 261 g/mol. The number of aryl methyl sites for hydroxylation is 1. The maximum atomic E-state index is 11.1. The van der Waals surface area contributed by atoms with Crippen LogP contribution in [-0.4, -0.2) is 18.0 Å². The standard InChI is InChI=1S/C15H23N3O/c1-10-8-14(6-7-15(10)17-11(2)19)18-13-5-3-4-12(16)9-13/h6-8,12-13,18H,3-5,9,16H2,1-2H3,(H,17,19). The van der Waals surface area contributed by atoms with Gasteiger partial charge in [0, 0.05) is 30.4 Å². The van der Waals surface area contributed by atoms with E-state index in [0.29, 0.717) is 12.1 Å². The Morgan fingerprint density at radius 1 is 1.37 bits per heavy atom. The summed E-state index contributed by atoms with van der Waals surface area (Å²) in [5, 5.41) is 6.36. The molecule has 4 N–H and O–H groups in total. The van der Waals surface area contributed by atoms with E-state index in [1.165, 1.54) is 19.8 Å². The molecule has 2 rings (SSSR count). The van der Waals surface area contributed by atoms with Crippen molar-refractivity contribution in [3.8, 4) is 0 Å². The van der Waals surface area contributed by atoms with Crippen LogP contribution in [0.1, 0.15) is 38.2 Å². The smallest absolute Gasteiger partial charge is 0.221 e. The number of hydrogen-bond donors (Lipinski definition) is 3. The van der Waals surface area contributed by atoms with Crippen molar-refractivity contribution in [1.82, 2.24) is 0 Å². The van der Waals surface area contributed by atoms with Crippen LogP contribution in [-0.2, 0) is 4.79 Å². The van der Waals surface area contributed by atoms with Gasteiger partial charge in [0.05, 0.1) is 0 Å². The van der Waals surface area contributed by atoms with Gasteiger partial charge in [-0.2, -0.15) is 0 Å². The highest BCUT2D eigenvalue weighted by atomic mass is 16.1. The molecule has 0 heterocycles. The summed E-state index contributed by atoms with van der Waals surface area (Å²) < 4.78 is 0. The molecule has 1 amide bonds. The third-order valence-corrected chi connectivity index (χ3v) is 3.62. The second-order valence-electron chi connectivity index (χ2n) is 5.48. The van der Waals surface area contributed by atoms with E-state index in [1.807, 2.05) is 19.1 Å². The summed E-state index contributed by atoms with van der Waals surface area (Å²) in [5.41, 5.74) is 9.05. The third kappa shape index (κ3) is 3.96. The number of anilines is 2. The maximum Gasteiger partial charge on any atom is 0.221 e. The van der Waals surface area contributed by atoms with E-state index in [9.17, 15) is 4.79 Å². The van der Waals surface area contributed by atoms with Gasteiger partial charge in [0.2, 0.25) is 5.91 Å². The molecule has 4 nitrogen and oxygen atoms in total. The number of benzene rings is 1. The van der Waals surface area contributed by atoms with Crippen molar-refractivity contribution in [1.29, 1.82) is 0 Å². The van der Waals surface area contributed by atoms with E-state index in [1.54, 1.807) is 0 Å². The van der Waals surface area contributed by atoms with Crippen molar-refractivity contribution in [2.24, 2.45) is 5.73 Å². The highest BCUT2D eigenvalue weighted by molar-refractivity contribution is 5.89. The van der Waals surface area contributed by atoms with Gasteiger partial charge >= 0.3 is 0 Å². The van der Waals surface area contributed by atoms with E-state index in [2.05, 4.69) is 16.7 Å². The Morgan fingerprint density at radius 2 is 2.16 bits per heavy atom. The molecular formula is C15H23N3O. The molecule has 0 saturated heterocycles. The minimum Gasteiger partial charge on any atom is -0.382 e. The topological polar surface area (TPSA) is 67.2 Å². The van der Waals surface area contributed by atoms with Crippen LogP contribution < -0.4 is 16.4 Å². The number of amides is 1. The molecule has 0 aromatic heterocycles. The van der Waals surface area contributed by atoms with Crippen LogP contribution in [0.25, 0.3) is 0 Å².